The van der Waals surface area contributed by atoms with Crippen molar-refractivity contribution in [1.82, 2.24) is 14.5 Å². The standard InChI is InChI=1S/C38H42N4O4/c1-25-35(23-41-18-16-32(17-19-41)42-34-11-3-2-10-33(34)40-38(42)44)45-37(46-36(25)28-14-12-26(24-43)13-15-28)31-9-5-8-30(21-31)29-7-4-6-27(20-29)22-39/h2-15,20-21,25,32,35-37,43H,16-19,22-24,39H2,1H3,(H,40,44)/t25-,35+,36+,37+/m0/s1. The zero-order chi connectivity index (χ0) is 31.6. The van der Waals surface area contributed by atoms with Gasteiger partial charge in [-0.2, -0.15) is 0 Å². The van der Waals surface area contributed by atoms with Crippen LogP contribution in [-0.2, 0) is 22.6 Å². The number of aliphatic hydroxyl groups is 1. The van der Waals surface area contributed by atoms with Gasteiger partial charge in [0.2, 0.25) is 0 Å². The lowest BCUT2D eigenvalue weighted by Crippen LogP contribution is -2.47. The molecule has 4 aromatic carbocycles. The van der Waals surface area contributed by atoms with Gasteiger partial charge in [-0.25, -0.2) is 4.79 Å². The Labute approximate surface area is 269 Å². The number of fused-ring (bicyclic) bond motifs is 1. The van der Waals surface area contributed by atoms with Crippen LogP contribution in [0.3, 0.4) is 0 Å². The number of benzene rings is 4. The first-order valence-corrected chi connectivity index (χ1v) is 16.3. The second-order valence-electron chi connectivity index (χ2n) is 12.7. The van der Waals surface area contributed by atoms with E-state index in [1.54, 1.807) is 0 Å². The average Bonchev–Trinajstić information content (AvgIpc) is 3.45. The molecule has 0 saturated carbocycles. The lowest BCUT2D eigenvalue weighted by Gasteiger charge is -2.44. The molecule has 0 spiro atoms. The minimum absolute atomic E-state index is 0.00843. The first kappa shape index (κ1) is 30.6. The first-order valence-electron chi connectivity index (χ1n) is 16.3. The molecule has 5 aromatic rings. The Morgan fingerprint density at radius 1 is 0.848 bits per heavy atom. The number of ether oxygens (including phenoxy) is 2. The molecule has 0 bridgehead atoms. The minimum Gasteiger partial charge on any atom is -0.392 e. The quantitative estimate of drug-likeness (QED) is 0.195. The number of nitrogens with two attached hydrogens (primary N) is 1. The van der Waals surface area contributed by atoms with E-state index < -0.39 is 6.29 Å². The van der Waals surface area contributed by atoms with Gasteiger partial charge in [0.05, 0.1) is 29.8 Å². The molecule has 1 aromatic heterocycles. The molecule has 4 atom stereocenters. The highest BCUT2D eigenvalue weighted by atomic mass is 16.7. The number of aliphatic hydroxyl groups excluding tert-OH is 1. The summed E-state index contributed by atoms with van der Waals surface area (Å²) in [7, 11) is 0. The van der Waals surface area contributed by atoms with Crippen LogP contribution in [0.25, 0.3) is 22.2 Å². The Morgan fingerprint density at radius 2 is 1.59 bits per heavy atom. The molecule has 0 amide bonds. The summed E-state index contributed by atoms with van der Waals surface area (Å²) >= 11 is 0. The fourth-order valence-corrected chi connectivity index (χ4v) is 7.12. The molecule has 0 radical (unpaired) electrons. The molecule has 8 nitrogen and oxygen atoms in total. The van der Waals surface area contributed by atoms with Crippen molar-refractivity contribution >= 4 is 11.0 Å². The third-order valence-corrected chi connectivity index (χ3v) is 9.76. The van der Waals surface area contributed by atoms with Gasteiger partial charge in [-0.3, -0.25) is 4.57 Å². The topological polar surface area (TPSA) is 106 Å². The van der Waals surface area contributed by atoms with Gasteiger partial charge in [0.1, 0.15) is 0 Å². The smallest absolute Gasteiger partial charge is 0.326 e. The van der Waals surface area contributed by atoms with Gasteiger partial charge in [-0.05, 0) is 64.9 Å². The van der Waals surface area contributed by atoms with Crippen molar-refractivity contribution in [3.8, 4) is 11.1 Å². The van der Waals surface area contributed by atoms with Crippen molar-refractivity contribution in [3.05, 3.63) is 130 Å². The van der Waals surface area contributed by atoms with Crippen LogP contribution < -0.4 is 11.4 Å². The maximum Gasteiger partial charge on any atom is 0.326 e. The van der Waals surface area contributed by atoms with E-state index in [1.165, 1.54) is 0 Å². The van der Waals surface area contributed by atoms with Crippen molar-refractivity contribution in [1.29, 1.82) is 0 Å². The zero-order valence-electron chi connectivity index (χ0n) is 26.2. The molecule has 0 unspecified atom stereocenters. The van der Waals surface area contributed by atoms with Crippen LogP contribution in [0.1, 0.15) is 60.5 Å². The number of H-pyrrole nitrogens is 1. The van der Waals surface area contributed by atoms with Crippen LogP contribution in [0.15, 0.2) is 102 Å². The van der Waals surface area contributed by atoms with E-state index >= 15 is 0 Å². The number of aromatic nitrogens is 2. The molecule has 2 fully saturated rings. The highest BCUT2D eigenvalue weighted by Gasteiger charge is 2.39. The highest BCUT2D eigenvalue weighted by Crippen LogP contribution is 2.43. The number of piperidine rings is 1. The van der Waals surface area contributed by atoms with E-state index in [0.717, 1.165) is 76.9 Å². The Balaban J connectivity index is 1.12. The summed E-state index contributed by atoms with van der Waals surface area (Å²) in [5.74, 6) is 0.0922. The number of hydrogen-bond donors (Lipinski definition) is 3. The fraction of sp³-hybridized carbons (Fsp3) is 0.342. The third-order valence-electron chi connectivity index (χ3n) is 9.76. The molecule has 46 heavy (non-hydrogen) atoms. The van der Waals surface area contributed by atoms with Gasteiger partial charge in [0.25, 0.3) is 0 Å². The molecule has 3 heterocycles. The number of rotatable bonds is 8. The number of likely N-dealkylation sites (tertiary alicyclic amines) is 1. The molecule has 8 heteroatoms. The first-order chi connectivity index (χ1) is 22.5. The monoisotopic (exact) mass is 618 g/mol. The van der Waals surface area contributed by atoms with E-state index in [1.807, 2.05) is 53.1 Å². The number of para-hydroxylation sites is 2. The Hall–Kier alpha value is -4.05. The van der Waals surface area contributed by atoms with Gasteiger partial charge in [0, 0.05) is 43.7 Å². The van der Waals surface area contributed by atoms with Crippen molar-refractivity contribution in [2.75, 3.05) is 19.6 Å². The van der Waals surface area contributed by atoms with Gasteiger partial charge in [-0.1, -0.05) is 79.7 Å². The summed E-state index contributed by atoms with van der Waals surface area (Å²) in [5.41, 5.74) is 14.0. The summed E-state index contributed by atoms with van der Waals surface area (Å²) in [5, 5.41) is 9.62. The number of imidazole rings is 1. The molecule has 4 N–H and O–H groups in total. The molecular formula is C38H42N4O4. The normalized spacial score (nSPS) is 22.8. The lowest BCUT2D eigenvalue weighted by atomic mass is 9.89. The summed E-state index contributed by atoms with van der Waals surface area (Å²) in [6, 6.07) is 32.9. The van der Waals surface area contributed by atoms with Crippen LogP contribution in [0.5, 0.6) is 0 Å². The molecule has 2 aliphatic rings. The number of hydrogen-bond acceptors (Lipinski definition) is 6. The van der Waals surface area contributed by atoms with E-state index in [9.17, 15) is 9.90 Å². The molecule has 238 valence electrons. The van der Waals surface area contributed by atoms with Gasteiger partial charge < -0.3 is 30.2 Å². The van der Waals surface area contributed by atoms with Crippen LogP contribution in [-0.4, -0.2) is 45.3 Å². The van der Waals surface area contributed by atoms with Crippen LogP contribution in [0.4, 0.5) is 0 Å². The van der Waals surface area contributed by atoms with Crippen LogP contribution in [0.2, 0.25) is 0 Å². The molecule has 7 rings (SSSR count). The maximum atomic E-state index is 12.8. The lowest BCUT2D eigenvalue weighted by molar-refractivity contribution is -0.276. The predicted octanol–water partition coefficient (Wildman–Crippen LogP) is 6.08. The van der Waals surface area contributed by atoms with Crippen molar-refractivity contribution < 1.29 is 14.6 Å². The van der Waals surface area contributed by atoms with E-state index in [4.69, 9.17) is 15.2 Å². The van der Waals surface area contributed by atoms with E-state index in [2.05, 4.69) is 65.3 Å². The van der Waals surface area contributed by atoms with Gasteiger partial charge in [-0.15, -0.1) is 0 Å². The molecule has 2 saturated heterocycles. The largest absolute Gasteiger partial charge is 0.392 e. The van der Waals surface area contributed by atoms with Crippen molar-refractivity contribution in [2.45, 2.75) is 57.5 Å². The van der Waals surface area contributed by atoms with E-state index in [0.29, 0.717) is 6.54 Å². The highest BCUT2D eigenvalue weighted by molar-refractivity contribution is 5.75. The Bertz CT molecular complexity index is 1840. The number of nitrogens with one attached hydrogen (secondary N) is 1. The Morgan fingerprint density at radius 3 is 2.35 bits per heavy atom. The summed E-state index contributed by atoms with van der Waals surface area (Å²) < 4.78 is 15.5. The summed E-state index contributed by atoms with van der Waals surface area (Å²) in [6.07, 6.45) is 1.02. The Kier molecular flexibility index (Phi) is 8.88. The second kappa shape index (κ2) is 13.4. The minimum atomic E-state index is -0.538. The SMILES string of the molecule is C[C@H]1[C@@H](CN2CCC(n3c(=O)[nH]c4ccccc43)CC2)O[C@@H](c2cccc(-c3cccc(CN)c3)c2)O[C@H]1c1ccc(CO)cc1. The number of nitrogens with zero attached hydrogens (tertiary/aromatic N) is 2. The molecular weight excluding hydrogens is 576 g/mol. The van der Waals surface area contributed by atoms with E-state index in [-0.39, 0.29) is 36.5 Å². The fourth-order valence-electron chi connectivity index (χ4n) is 7.12. The van der Waals surface area contributed by atoms with Crippen molar-refractivity contribution in [2.24, 2.45) is 11.7 Å². The predicted molar refractivity (Wildman–Crippen MR) is 180 cm³/mol. The second-order valence-corrected chi connectivity index (χ2v) is 12.7. The third kappa shape index (κ3) is 6.19. The maximum absolute atomic E-state index is 12.8. The van der Waals surface area contributed by atoms with Gasteiger partial charge >= 0.3 is 5.69 Å². The molecule has 2 aliphatic heterocycles. The summed E-state index contributed by atoms with van der Waals surface area (Å²) in [6.45, 7) is 5.26. The van der Waals surface area contributed by atoms with Crippen LogP contribution in [0, 0.1) is 5.92 Å². The zero-order valence-corrected chi connectivity index (χ0v) is 26.2. The molecule has 0 aliphatic carbocycles. The van der Waals surface area contributed by atoms with Crippen molar-refractivity contribution in [3.63, 3.8) is 0 Å². The average molecular weight is 619 g/mol. The number of aromatic amines is 1. The van der Waals surface area contributed by atoms with Crippen LogP contribution >= 0.6 is 0 Å². The van der Waals surface area contributed by atoms with Gasteiger partial charge in [0.15, 0.2) is 6.29 Å². The summed E-state index contributed by atoms with van der Waals surface area (Å²) in [4.78, 5) is 18.3.